The average molecular weight is 551 g/mol. The van der Waals surface area contributed by atoms with Crippen LogP contribution in [0, 0.1) is 5.82 Å². The van der Waals surface area contributed by atoms with Crippen molar-refractivity contribution in [2.24, 2.45) is 0 Å². The van der Waals surface area contributed by atoms with Gasteiger partial charge in [0, 0.05) is 17.9 Å². The largest absolute Gasteiger partial charge is 0.474 e. The van der Waals surface area contributed by atoms with Crippen molar-refractivity contribution in [3.8, 4) is 0 Å². The standard InChI is InChI=1S/C28H36FO6PS/c1-5-33-36(31,34-6-2)35-16-8-7-15-32-28(30)19-26-20(3)25(24-14-11-22(29)18-27(24)26)17-21-9-12-23(37-4)13-10-21/h9-14,17-18,28,30H,5-8,15-16,19H2,1-4H3/b25-17-. The summed E-state index contributed by atoms with van der Waals surface area (Å²) >= 11 is 1.69. The molecular formula is C28H36FO6PS. The van der Waals surface area contributed by atoms with Crippen LogP contribution in [0.15, 0.2) is 52.9 Å². The fourth-order valence-electron chi connectivity index (χ4n) is 4.14. The minimum atomic E-state index is -3.52. The smallest absolute Gasteiger partial charge is 0.368 e. The number of unbranched alkanes of at least 4 members (excludes halogenated alkanes) is 1. The molecular weight excluding hydrogens is 514 g/mol. The molecule has 1 atom stereocenters. The van der Waals surface area contributed by atoms with E-state index in [1.54, 1.807) is 31.7 Å². The van der Waals surface area contributed by atoms with Gasteiger partial charge in [-0.05, 0) is 104 Å². The third kappa shape index (κ3) is 8.36. The van der Waals surface area contributed by atoms with Crippen molar-refractivity contribution < 1.29 is 32.4 Å². The van der Waals surface area contributed by atoms with E-state index in [0.29, 0.717) is 19.4 Å². The van der Waals surface area contributed by atoms with Crippen molar-refractivity contribution in [2.45, 2.75) is 51.2 Å². The molecule has 3 rings (SSSR count). The summed E-state index contributed by atoms with van der Waals surface area (Å²) in [7, 11) is -3.52. The summed E-state index contributed by atoms with van der Waals surface area (Å²) in [6.07, 6.45) is 4.49. The van der Waals surface area contributed by atoms with E-state index < -0.39 is 14.1 Å². The zero-order valence-corrected chi connectivity index (χ0v) is 23.6. The van der Waals surface area contributed by atoms with Crippen molar-refractivity contribution in [3.05, 3.63) is 70.5 Å². The Balaban J connectivity index is 1.60. The summed E-state index contributed by atoms with van der Waals surface area (Å²) in [6, 6.07) is 13.1. The summed E-state index contributed by atoms with van der Waals surface area (Å²) in [5.74, 6) is -0.318. The van der Waals surface area contributed by atoms with Crippen LogP contribution in [0.25, 0.3) is 17.2 Å². The Hall–Kier alpha value is -1.77. The first-order chi connectivity index (χ1) is 17.8. The number of hydrogen-bond acceptors (Lipinski definition) is 7. The monoisotopic (exact) mass is 550 g/mol. The van der Waals surface area contributed by atoms with Crippen LogP contribution >= 0.6 is 19.6 Å². The number of phosphoric ester groups is 1. The van der Waals surface area contributed by atoms with Crippen LogP contribution in [-0.2, 0) is 22.9 Å². The molecule has 0 radical (unpaired) electrons. The van der Waals surface area contributed by atoms with E-state index in [1.807, 2.05) is 13.2 Å². The van der Waals surface area contributed by atoms with Crippen LogP contribution in [0.5, 0.6) is 0 Å². The van der Waals surface area contributed by atoms with Gasteiger partial charge < -0.3 is 9.84 Å². The molecule has 2 aromatic rings. The molecule has 0 spiro atoms. The minimum absolute atomic E-state index is 0.194. The Labute approximate surface area is 223 Å². The lowest BCUT2D eigenvalue weighted by molar-refractivity contribution is -0.0956. The third-order valence-corrected chi connectivity index (χ3v) is 8.32. The Morgan fingerprint density at radius 1 is 1.00 bits per heavy atom. The van der Waals surface area contributed by atoms with Crippen molar-refractivity contribution in [2.75, 3.05) is 32.7 Å². The molecule has 0 fully saturated rings. The van der Waals surface area contributed by atoms with Gasteiger partial charge in [0.25, 0.3) is 0 Å². The van der Waals surface area contributed by atoms with Crippen LogP contribution < -0.4 is 0 Å². The van der Waals surface area contributed by atoms with E-state index in [1.165, 1.54) is 17.0 Å². The number of hydrogen-bond donors (Lipinski definition) is 1. The normalized spacial score (nSPS) is 15.5. The van der Waals surface area contributed by atoms with Gasteiger partial charge in [0.1, 0.15) is 5.82 Å². The lowest BCUT2D eigenvalue weighted by atomic mass is 10.0. The average Bonchev–Trinajstić information content (AvgIpc) is 3.12. The maximum atomic E-state index is 14.2. The molecule has 1 aliphatic rings. The third-order valence-electron chi connectivity index (χ3n) is 5.93. The Morgan fingerprint density at radius 2 is 1.68 bits per heavy atom. The number of fused-ring (bicyclic) bond motifs is 1. The summed E-state index contributed by atoms with van der Waals surface area (Å²) in [5, 5.41) is 10.6. The van der Waals surface area contributed by atoms with Gasteiger partial charge in [0.2, 0.25) is 0 Å². The van der Waals surface area contributed by atoms with Gasteiger partial charge in [0.05, 0.1) is 19.8 Å². The number of thioether (sulfide) groups is 1. The summed E-state index contributed by atoms with van der Waals surface area (Å²) in [6.45, 7) is 6.39. The fraction of sp³-hybridized carbons (Fsp3) is 0.429. The molecule has 6 nitrogen and oxygen atoms in total. The number of phosphoric acid groups is 1. The van der Waals surface area contributed by atoms with E-state index in [-0.39, 0.29) is 32.1 Å². The van der Waals surface area contributed by atoms with Crippen molar-refractivity contribution >= 4 is 36.8 Å². The molecule has 1 unspecified atom stereocenters. The van der Waals surface area contributed by atoms with Gasteiger partial charge in [-0.25, -0.2) is 8.96 Å². The summed E-state index contributed by atoms with van der Waals surface area (Å²) in [5.41, 5.74) is 5.66. The van der Waals surface area contributed by atoms with E-state index in [9.17, 15) is 14.1 Å². The number of ether oxygens (including phenoxy) is 1. The van der Waals surface area contributed by atoms with E-state index in [4.69, 9.17) is 18.3 Å². The zero-order valence-electron chi connectivity index (χ0n) is 21.9. The molecule has 2 aromatic carbocycles. The summed E-state index contributed by atoms with van der Waals surface area (Å²) < 4.78 is 47.6. The number of aliphatic hydroxyl groups excluding tert-OH is 1. The molecule has 1 aliphatic carbocycles. The predicted molar refractivity (Wildman–Crippen MR) is 148 cm³/mol. The number of benzene rings is 2. The van der Waals surface area contributed by atoms with Gasteiger partial charge in [-0.15, -0.1) is 11.8 Å². The van der Waals surface area contributed by atoms with E-state index >= 15 is 0 Å². The Kier molecular flexibility index (Phi) is 11.6. The zero-order chi connectivity index (χ0) is 26.8. The predicted octanol–water partition coefficient (Wildman–Crippen LogP) is 7.58. The van der Waals surface area contributed by atoms with Crippen molar-refractivity contribution in [3.63, 3.8) is 0 Å². The molecule has 0 aromatic heterocycles. The minimum Gasteiger partial charge on any atom is -0.368 e. The molecule has 202 valence electrons. The summed E-state index contributed by atoms with van der Waals surface area (Å²) in [4.78, 5) is 1.19. The molecule has 37 heavy (non-hydrogen) atoms. The second-order valence-electron chi connectivity index (χ2n) is 8.48. The molecule has 0 bridgehead atoms. The first-order valence-corrected chi connectivity index (χ1v) is 15.2. The Morgan fingerprint density at radius 3 is 2.32 bits per heavy atom. The highest BCUT2D eigenvalue weighted by Crippen LogP contribution is 2.49. The van der Waals surface area contributed by atoms with Crippen LogP contribution in [0.4, 0.5) is 4.39 Å². The van der Waals surface area contributed by atoms with Crippen LogP contribution in [0.1, 0.15) is 56.7 Å². The first kappa shape index (κ1) is 29.8. The van der Waals surface area contributed by atoms with Gasteiger partial charge >= 0.3 is 7.82 Å². The second kappa shape index (κ2) is 14.4. The second-order valence-corrected chi connectivity index (χ2v) is 11.0. The molecule has 9 heteroatoms. The topological polar surface area (TPSA) is 74.2 Å². The fourth-order valence-corrected chi connectivity index (χ4v) is 5.76. The first-order valence-electron chi connectivity index (χ1n) is 12.5. The molecule has 1 N–H and O–H groups in total. The van der Waals surface area contributed by atoms with Gasteiger partial charge in [0.15, 0.2) is 6.29 Å². The maximum Gasteiger partial charge on any atom is 0.474 e. The number of rotatable bonds is 15. The van der Waals surface area contributed by atoms with Gasteiger partial charge in [-0.3, -0.25) is 13.6 Å². The van der Waals surface area contributed by atoms with Gasteiger partial charge in [-0.1, -0.05) is 18.2 Å². The molecule has 0 saturated heterocycles. The lowest BCUT2D eigenvalue weighted by Gasteiger charge is -2.17. The molecule has 0 aliphatic heterocycles. The molecule has 0 heterocycles. The van der Waals surface area contributed by atoms with Crippen LogP contribution in [-0.4, -0.2) is 44.1 Å². The SMILES string of the molecule is CCOP(=O)(OCC)OCCCCOC(O)CC1=C(C)/C(=C/c2ccc(SC)cc2)c2ccc(F)cc21. The van der Waals surface area contributed by atoms with E-state index in [2.05, 4.69) is 30.3 Å². The highest BCUT2D eigenvalue weighted by Gasteiger charge is 2.27. The van der Waals surface area contributed by atoms with Gasteiger partial charge in [-0.2, -0.15) is 0 Å². The van der Waals surface area contributed by atoms with Crippen LogP contribution in [0.3, 0.4) is 0 Å². The maximum absolute atomic E-state index is 14.2. The molecule has 0 amide bonds. The highest BCUT2D eigenvalue weighted by molar-refractivity contribution is 7.98. The van der Waals surface area contributed by atoms with Crippen molar-refractivity contribution in [1.29, 1.82) is 0 Å². The number of allylic oxidation sites excluding steroid dienone is 2. The van der Waals surface area contributed by atoms with Crippen molar-refractivity contribution in [1.82, 2.24) is 0 Å². The van der Waals surface area contributed by atoms with Crippen LogP contribution in [0.2, 0.25) is 0 Å². The Bertz CT molecular complexity index is 1140. The quantitative estimate of drug-likeness (QED) is 0.106. The highest BCUT2D eigenvalue weighted by atomic mass is 32.2. The number of halogens is 1. The lowest BCUT2D eigenvalue weighted by Crippen LogP contribution is -2.14. The molecule has 0 saturated carbocycles. The number of aliphatic hydroxyl groups is 1. The van der Waals surface area contributed by atoms with E-state index in [0.717, 1.165) is 33.4 Å².